The Kier molecular flexibility index (Phi) is 5.16. The van der Waals surface area contributed by atoms with Crippen LogP contribution in [0.3, 0.4) is 0 Å². The van der Waals surface area contributed by atoms with Crippen LogP contribution in [0.1, 0.15) is 28.7 Å². The van der Waals surface area contributed by atoms with Crippen molar-refractivity contribution in [3.05, 3.63) is 57.4 Å². The second kappa shape index (κ2) is 7.12. The lowest BCUT2D eigenvalue weighted by molar-refractivity contribution is -0.385. The molecule has 0 aliphatic heterocycles. The molecule has 0 aliphatic rings. The largest absolute Gasteiger partial charge is 0.480 e. The van der Waals surface area contributed by atoms with Crippen molar-refractivity contribution in [2.24, 2.45) is 7.05 Å². The van der Waals surface area contributed by atoms with Gasteiger partial charge in [-0.05, 0) is 19.4 Å². The number of rotatable bonds is 6. The molecule has 2 aromatic rings. The minimum absolute atomic E-state index is 0.00845. The van der Waals surface area contributed by atoms with E-state index in [9.17, 15) is 24.8 Å². The van der Waals surface area contributed by atoms with Crippen LogP contribution in [-0.2, 0) is 18.4 Å². The third-order valence-corrected chi connectivity index (χ3v) is 3.86. The van der Waals surface area contributed by atoms with Gasteiger partial charge in [0, 0.05) is 13.6 Å². The van der Waals surface area contributed by atoms with Crippen LogP contribution in [0.15, 0.2) is 30.3 Å². The molecular formula is C16H18N4O5. The number of aliphatic carboxylic acids is 1. The van der Waals surface area contributed by atoms with Gasteiger partial charge in [-0.3, -0.25) is 19.6 Å². The van der Waals surface area contributed by atoms with Crippen molar-refractivity contribution in [1.82, 2.24) is 14.7 Å². The highest BCUT2D eigenvalue weighted by Crippen LogP contribution is 2.25. The Hall–Kier alpha value is -3.23. The van der Waals surface area contributed by atoms with Gasteiger partial charge < -0.3 is 10.0 Å². The molecule has 9 heteroatoms. The maximum absolute atomic E-state index is 13.0. The normalized spacial score (nSPS) is 11.8. The zero-order chi connectivity index (χ0) is 18.7. The first-order valence-corrected chi connectivity index (χ1v) is 7.49. The summed E-state index contributed by atoms with van der Waals surface area (Å²) in [5, 5.41) is 24.6. The molecule has 1 unspecified atom stereocenters. The Morgan fingerprint density at radius 3 is 2.48 bits per heavy atom. The van der Waals surface area contributed by atoms with Gasteiger partial charge >= 0.3 is 11.7 Å². The molecule has 0 saturated heterocycles. The Labute approximate surface area is 143 Å². The minimum Gasteiger partial charge on any atom is -0.480 e. The summed E-state index contributed by atoms with van der Waals surface area (Å²) in [5.41, 5.74) is 0.152. The summed E-state index contributed by atoms with van der Waals surface area (Å²) >= 11 is 0. The second-order valence-electron chi connectivity index (χ2n) is 5.60. The Morgan fingerprint density at radius 2 is 1.96 bits per heavy atom. The predicted molar refractivity (Wildman–Crippen MR) is 88.0 cm³/mol. The molecule has 0 saturated carbocycles. The molecule has 0 radical (unpaired) electrons. The summed E-state index contributed by atoms with van der Waals surface area (Å²) in [6.45, 7) is 2.80. The fraction of sp³-hybridized carbons (Fsp3) is 0.312. The number of carbonyl (C=O) groups is 2. The molecule has 0 spiro atoms. The second-order valence-corrected chi connectivity index (χ2v) is 5.60. The molecule has 1 N–H and O–H groups in total. The van der Waals surface area contributed by atoms with E-state index in [4.69, 9.17) is 0 Å². The zero-order valence-electron chi connectivity index (χ0n) is 14.0. The molecule has 1 heterocycles. The van der Waals surface area contributed by atoms with E-state index in [-0.39, 0.29) is 17.9 Å². The van der Waals surface area contributed by atoms with Crippen molar-refractivity contribution in [2.75, 3.05) is 0 Å². The van der Waals surface area contributed by atoms with Crippen molar-refractivity contribution in [3.8, 4) is 0 Å². The average molecular weight is 346 g/mol. The first-order valence-electron chi connectivity index (χ1n) is 7.49. The standard InChI is InChI=1S/C16H18N4O5/c1-10-13(20(24)25)14(18(3)17-10)15(21)19(11(2)16(22)23)9-12-7-5-4-6-8-12/h4-8,11H,9H2,1-3H3,(H,22,23). The third-order valence-electron chi connectivity index (χ3n) is 3.86. The predicted octanol–water partition coefficient (Wildman–Crippen LogP) is 1.75. The molecule has 132 valence electrons. The van der Waals surface area contributed by atoms with Gasteiger partial charge in [-0.2, -0.15) is 5.10 Å². The monoisotopic (exact) mass is 346 g/mol. The lowest BCUT2D eigenvalue weighted by Crippen LogP contribution is -2.43. The van der Waals surface area contributed by atoms with Crippen LogP contribution < -0.4 is 0 Å². The van der Waals surface area contributed by atoms with E-state index in [1.165, 1.54) is 20.9 Å². The van der Waals surface area contributed by atoms with E-state index < -0.39 is 28.5 Å². The lowest BCUT2D eigenvalue weighted by atomic mass is 10.1. The van der Waals surface area contributed by atoms with Crippen molar-refractivity contribution in [2.45, 2.75) is 26.4 Å². The van der Waals surface area contributed by atoms with Gasteiger partial charge in [-0.15, -0.1) is 0 Å². The van der Waals surface area contributed by atoms with Crippen LogP contribution in [0.5, 0.6) is 0 Å². The highest BCUT2D eigenvalue weighted by atomic mass is 16.6. The number of amides is 1. The number of nitro groups is 1. The number of benzene rings is 1. The molecule has 25 heavy (non-hydrogen) atoms. The number of nitrogens with zero attached hydrogens (tertiary/aromatic N) is 4. The average Bonchev–Trinajstić information content (AvgIpc) is 2.86. The molecule has 1 atom stereocenters. The Balaban J connectivity index is 2.49. The van der Waals surface area contributed by atoms with Crippen LogP contribution in [0.2, 0.25) is 0 Å². The highest BCUT2D eigenvalue weighted by molar-refractivity contribution is 5.98. The summed E-state index contributed by atoms with van der Waals surface area (Å²) in [6, 6.07) is 7.66. The van der Waals surface area contributed by atoms with E-state index >= 15 is 0 Å². The first kappa shape index (κ1) is 18.1. The van der Waals surface area contributed by atoms with Gasteiger partial charge in [-0.25, -0.2) is 4.79 Å². The van der Waals surface area contributed by atoms with Crippen LogP contribution in [0, 0.1) is 17.0 Å². The van der Waals surface area contributed by atoms with Crippen LogP contribution >= 0.6 is 0 Å². The lowest BCUT2D eigenvalue weighted by Gasteiger charge is -2.26. The molecule has 2 rings (SSSR count). The smallest absolute Gasteiger partial charge is 0.326 e. The Morgan fingerprint density at radius 1 is 1.36 bits per heavy atom. The summed E-state index contributed by atoms with van der Waals surface area (Å²) in [7, 11) is 1.42. The number of carboxylic acid groups (broad SMARTS) is 1. The van der Waals surface area contributed by atoms with Crippen molar-refractivity contribution >= 4 is 17.6 Å². The van der Waals surface area contributed by atoms with E-state index in [0.717, 1.165) is 9.58 Å². The van der Waals surface area contributed by atoms with E-state index in [0.29, 0.717) is 5.56 Å². The van der Waals surface area contributed by atoms with Gasteiger partial charge in [0.1, 0.15) is 11.7 Å². The van der Waals surface area contributed by atoms with Crippen molar-refractivity contribution in [3.63, 3.8) is 0 Å². The quantitative estimate of drug-likeness (QED) is 0.629. The molecule has 1 aromatic heterocycles. The summed E-state index contributed by atoms with van der Waals surface area (Å²) in [5.74, 6) is -1.96. The molecule has 0 aliphatic carbocycles. The van der Waals surface area contributed by atoms with Gasteiger partial charge in [0.2, 0.25) is 5.69 Å². The third kappa shape index (κ3) is 3.65. The topological polar surface area (TPSA) is 119 Å². The first-order chi connectivity index (χ1) is 11.7. The van der Waals surface area contributed by atoms with Gasteiger partial charge in [0.05, 0.1) is 4.92 Å². The fourth-order valence-electron chi connectivity index (χ4n) is 2.54. The van der Waals surface area contributed by atoms with Crippen LogP contribution in [0.25, 0.3) is 0 Å². The van der Waals surface area contributed by atoms with E-state index in [1.807, 2.05) is 0 Å². The SMILES string of the molecule is Cc1nn(C)c(C(=O)N(Cc2ccccc2)C(C)C(=O)O)c1[N+](=O)[O-]. The van der Waals surface area contributed by atoms with Crippen LogP contribution in [0.4, 0.5) is 5.69 Å². The van der Waals surface area contributed by atoms with Crippen molar-refractivity contribution < 1.29 is 19.6 Å². The number of aromatic nitrogens is 2. The maximum Gasteiger partial charge on any atom is 0.326 e. The minimum atomic E-state index is -1.20. The van der Waals surface area contributed by atoms with Gasteiger partial charge in [-0.1, -0.05) is 30.3 Å². The van der Waals surface area contributed by atoms with Gasteiger partial charge in [0.15, 0.2) is 0 Å². The molecule has 1 aromatic carbocycles. The van der Waals surface area contributed by atoms with Crippen molar-refractivity contribution in [1.29, 1.82) is 0 Å². The fourth-order valence-corrected chi connectivity index (χ4v) is 2.54. The molecule has 0 bridgehead atoms. The van der Waals surface area contributed by atoms with E-state index in [1.54, 1.807) is 30.3 Å². The summed E-state index contributed by atoms with van der Waals surface area (Å²) in [4.78, 5) is 36.1. The summed E-state index contributed by atoms with van der Waals surface area (Å²) in [6.07, 6.45) is 0. The summed E-state index contributed by atoms with van der Waals surface area (Å²) < 4.78 is 1.11. The van der Waals surface area contributed by atoms with Crippen LogP contribution in [-0.4, -0.2) is 42.6 Å². The maximum atomic E-state index is 13.0. The molecule has 0 fully saturated rings. The number of carbonyl (C=O) groups excluding carboxylic acids is 1. The molecular weight excluding hydrogens is 328 g/mol. The van der Waals surface area contributed by atoms with E-state index in [2.05, 4.69) is 5.10 Å². The molecule has 1 amide bonds. The number of hydrogen-bond acceptors (Lipinski definition) is 5. The molecule has 9 nitrogen and oxygen atoms in total. The van der Waals surface area contributed by atoms with Gasteiger partial charge in [0.25, 0.3) is 5.91 Å². The number of hydrogen-bond donors (Lipinski definition) is 1. The number of carboxylic acids is 1. The zero-order valence-corrected chi connectivity index (χ0v) is 14.0. The Bertz CT molecular complexity index is 815. The number of aryl methyl sites for hydroxylation is 2. The highest BCUT2D eigenvalue weighted by Gasteiger charge is 2.35.